The van der Waals surface area contributed by atoms with Gasteiger partial charge in [0.1, 0.15) is 0 Å². The van der Waals surface area contributed by atoms with E-state index in [0.717, 1.165) is 0 Å². The molecule has 0 N–H and O–H groups in total. The first-order chi connectivity index (χ1) is 8.24. The Kier molecular flexibility index (Phi) is 3210. The van der Waals surface area contributed by atoms with E-state index in [1.165, 1.54) is 19.3 Å². The van der Waals surface area contributed by atoms with Crippen molar-refractivity contribution in [1.82, 2.24) is 0 Å². The van der Waals surface area contributed by atoms with Gasteiger partial charge in [-0.05, 0) is 0 Å². The molecule has 0 nitrogen and oxygen atoms in total. The highest BCUT2D eigenvalue weighted by Gasteiger charge is 1.36. The molecule has 0 aliphatic carbocycles. The molecule has 148 valence electrons. The van der Waals surface area contributed by atoms with E-state index >= 15 is 0 Å². The lowest BCUT2D eigenvalue weighted by Crippen LogP contribution is -1.27. The average Bonchev–Trinajstić information content (AvgIpc) is 2.41. The molecule has 0 aliphatic rings. The van der Waals surface area contributed by atoms with Crippen molar-refractivity contribution >= 4 is 0 Å². The molecule has 0 unspecified atom stereocenters. The molecule has 0 bridgehead atoms. The minimum absolute atomic E-state index is 0. The molecule has 0 radical (unpaired) electrons. The van der Waals surface area contributed by atoms with Gasteiger partial charge in [0, 0.05) is 0 Å². The molecule has 0 saturated heterocycles. The Balaban J connectivity index is -0.00000000604. The van der Waals surface area contributed by atoms with Crippen molar-refractivity contribution in [1.29, 1.82) is 0 Å². The summed E-state index contributed by atoms with van der Waals surface area (Å²) in [6.07, 6.45) is 3.75. The fourth-order valence-electron chi connectivity index (χ4n) is 0. The van der Waals surface area contributed by atoms with Gasteiger partial charge < -0.3 is 0 Å². The molecule has 0 spiro atoms. The fourth-order valence-corrected chi connectivity index (χ4v) is 0. The van der Waals surface area contributed by atoms with E-state index in [0.29, 0.717) is 0 Å². The van der Waals surface area contributed by atoms with Crippen LogP contribution in [0.5, 0.6) is 0 Å². The Morgan fingerprint density at radius 2 is 0.286 bits per heavy atom. The molecule has 0 saturated carbocycles. The van der Waals surface area contributed by atoms with Crippen molar-refractivity contribution < 1.29 is 0 Å². The monoisotopic (exact) mass is 317 g/mol. The first-order valence-electron chi connectivity index (χ1n) is 8.24. The Bertz CT molecular complexity index is 4.75. The lowest BCUT2D eigenvalue weighted by atomic mass is 10.6. The highest BCUT2D eigenvalue weighted by molar-refractivity contribution is 3.92. The van der Waals surface area contributed by atoms with Gasteiger partial charge in [-0.25, -0.2) is 0 Å². The summed E-state index contributed by atoms with van der Waals surface area (Å²) in [4.78, 5) is 0. The maximum atomic E-state index is 2.12. The normalized spacial score (nSPS) is 3.71. The lowest BCUT2D eigenvalue weighted by molar-refractivity contribution is 1.09. The Morgan fingerprint density at radius 3 is 0.286 bits per heavy atom. The summed E-state index contributed by atoms with van der Waals surface area (Å²) in [5.74, 6) is 0. The van der Waals surface area contributed by atoms with E-state index in [2.05, 4.69) is 41.5 Å². The van der Waals surface area contributed by atoms with Crippen molar-refractivity contribution in [2.24, 2.45) is 0 Å². The van der Waals surface area contributed by atoms with Gasteiger partial charge in [0.2, 0.25) is 0 Å². The molecule has 0 aromatic heterocycles. The number of rotatable bonds is 0. The van der Waals surface area contributed by atoms with Crippen LogP contribution in [0.4, 0.5) is 0 Å². The molecule has 0 aliphatic heterocycles. The van der Waals surface area contributed by atoms with Crippen molar-refractivity contribution in [3.8, 4) is 0 Å². The van der Waals surface area contributed by atoms with Gasteiger partial charge in [0.25, 0.3) is 0 Å². The van der Waals surface area contributed by atoms with Gasteiger partial charge in [-0.1, -0.05) is 146 Å². The third kappa shape index (κ3) is 0. The molecule has 0 heterocycles. The first-order valence-corrected chi connectivity index (χ1v) is 8.24. The van der Waals surface area contributed by atoms with E-state index in [9.17, 15) is 0 Å². The van der Waals surface area contributed by atoms with E-state index in [1.807, 2.05) is 55.4 Å². The third-order valence-electron chi connectivity index (χ3n) is 0. The minimum Gasteiger partial charge on any atom is -0.0776 e. The molecule has 0 aromatic rings. The second-order valence-corrected chi connectivity index (χ2v) is 2.12. The van der Waals surface area contributed by atoms with Crippen LogP contribution in [0.25, 0.3) is 0 Å². The molecule has 0 atom stereocenters. The summed E-state index contributed by atoms with van der Waals surface area (Å²) in [7, 11) is 0. The largest absolute Gasteiger partial charge is 0.0776 e. The summed E-state index contributed by atoms with van der Waals surface area (Å²) in [5, 5.41) is 0. The minimum atomic E-state index is 0. The van der Waals surface area contributed by atoms with Gasteiger partial charge in [-0.15, -0.1) is 0 Å². The van der Waals surface area contributed by atoms with Gasteiger partial charge >= 0.3 is 0 Å². The molecule has 0 amide bonds. The summed E-state index contributed by atoms with van der Waals surface area (Å²) in [6.45, 7) is 28.8. The van der Waals surface area contributed by atoms with Crippen molar-refractivity contribution in [3.05, 3.63) is 0 Å². The average molecular weight is 317 g/mol. The van der Waals surface area contributed by atoms with Crippen molar-refractivity contribution in [2.45, 2.75) is 146 Å². The quantitative estimate of drug-likeness (QED) is 0.416. The van der Waals surface area contributed by atoms with Crippen LogP contribution in [0.3, 0.4) is 0 Å². The van der Waals surface area contributed by atoms with E-state index < -0.39 is 0 Å². The maximum Gasteiger partial charge on any atom is -0.0590 e. The molecular weight excluding hydrogens is 252 g/mol. The second kappa shape index (κ2) is 802. The van der Waals surface area contributed by atoms with Crippen LogP contribution in [0.2, 0.25) is 0 Å². The van der Waals surface area contributed by atoms with Crippen LogP contribution in [-0.2, 0) is 0 Å². The van der Waals surface area contributed by atoms with E-state index in [4.69, 9.17) is 0 Å². The highest BCUT2D eigenvalue weighted by atomic mass is 13.4. The molecule has 0 rings (SSSR count). The molecular formula is C21H64. The summed E-state index contributed by atoms with van der Waals surface area (Å²) >= 11 is 0. The highest BCUT2D eigenvalue weighted by Crippen LogP contribution is 1.56. The number of hydrogen-bond acceptors (Lipinski definition) is 0. The van der Waals surface area contributed by atoms with Crippen LogP contribution < -0.4 is 0 Å². The standard InChI is InChI=1S/3C3H8.4C2H6.4CH4/c3*1-3-2;4*1-2;;;;/h3*3H2,1-2H3;4*1-2H3;4*1H4. The summed E-state index contributed by atoms with van der Waals surface area (Å²) in [6, 6.07) is 0. The van der Waals surface area contributed by atoms with Crippen LogP contribution in [0.15, 0.2) is 0 Å². The van der Waals surface area contributed by atoms with Gasteiger partial charge in [-0.2, -0.15) is 0 Å². The zero-order valence-corrected chi connectivity index (χ0v) is 16.1. The van der Waals surface area contributed by atoms with Gasteiger partial charge in [0.15, 0.2) is 0 Å². The first kappa shape index (κ1) is 84.0. The lowest BCUT2D eigenvalue weighted by Gasteiger charge is -1.48. The zero-order valence-electron chi connectivity index (χ0n) is 16.1. The Hall–Kier alpha value is 0. The predicted molar refractivity (Wildman–Crippen MR) is 120 cm³/mol. The summed E-state index contributed by atoms with van der Waals surface area (Å²) < 4.78 is 0. The smallest absolute Gasteiger partial charge is 0.0590 e. The third-order valence-corrected chi connectivity index (χ3v) is 0. The van der Waals surface area contributed by atoms with E-state index in [1.54, 1.807) is 0 Å². The second-order valence-electron chi connectivity index (χ2n) is 2.12. The SMILES string of the molecule is C.C.C.C.CC.CC.CC.CC.CCC.CCC.CCC. The number of hydrogen-bond donors (Lipinski definition) is 0. The van der Waals surface area contributed by atoms with Crippen molar-refractivity contribution in [3.63, 3.8) is 0 Å². The van der Waals surface area contributed by atoms with Gasteiger partial charge in [0.05, 0.1) is 0 Å². The summed E-state index contributed by atoms with van der Waals surface area (Å²) in [5.41, 5.74) is 0. The van der Waals surface area contributed by atoms with Crippen LogP contribution in [0.1, 0.15) is 146 Å². The molecule has 0 heteroatoms. The molecule has 0 fully saturated rings. The Morgan fingerprint density at radius 1 is 0.286 bits per heavy atom. The molecule has 0 aromatic carbocycles. The van der Waals surface area contributed by atoms with Crippen LogP contribution in [0, 0.1) is 0 Å². The topological polar surface area (TPSA) is 0 Å². The Labute approximate surface area is 146 Å². The molecule has 21 heavy (non-hydrogen) atoms. The predicted octanol–water partition coefficient (Wildman–Crippen LogP) is 10.9. The fraction of sp³-hybridized carbons (Fsp3) is 1.00. The van der Waals surface area contributed by atoms with Crippen LogP contribution >= 0.6 is 0 Å². The van der Waals surface area contributed by atoms with E-state index in [-0.39, 0.29) is 29.7 Å². The van der Waals surface area contributed by atoms with Crippen LogP contribution in [-0.4, -0.2) is 0 Å². The maximum absolute atomic E-state index is 2.12. The van der Waals surface area contributed by atoms with Gasteiger partial charge in [-0.3, -0.25) is 0 Å². The zero-order chi connectivity index (χ0) is 16.1. The van der Waals surface area contributed by atoms with Crippen molar-refractivity contribution in [2.75, 3.05) is 0 Å².